The maximum absolute atomic E-state index is 11.0. The summed E-state index contributed by atoms with van der Waals surface area (Å²) in [7, 11) is 1.24. The van der Waals surface area contributed by atoms with E-state index in [0.29, 0.717) is 11.3 Å². The van der Waals surface area contributed by atoms with E-state index in [9.17, 15) is 15.0 Å². The molecule has 2 N–H and O–H groups in total. The molecule has 0 spiro atoms. The average molecular weight is 268 g/mol. The van der Waals surface area contributed by atoms with E-state index in [1.807, 2.05) is 13.8 Å². The van der Waals surface area contributed by atoms with Gasteiger partial charge in [-0.25, -0.2) is 0 Å². The van der Waals surface area contributed by atoms with Crippen LogP contribution in [0.25, 0.3) is 0 Å². The standard InChI is InChI=1S/C14H20O5/c1-9(2)19-11-6-4-10(5-7-11)14(17)12(15)8-13(16)18-3/h4-7,9,12,14-15,17H,8H2,1-3H3. The Morgan fingerprint density at radius 1 is 1.21 bits per heavy atom. The molecule has 0 aromatic heterocycles. The van der Waals surface area contributed by atoms with E-state index in [-0.39, 0.29) is 12.5 Å². The summed E-state index contributed by atoms with van der Waals surface area (Å²) in [4.78, 5) is 11.0. The highest BCUT2D eigenvalue weighted by molar-refractivity contribution is 5.69. The first-order chi connectivity index (χ1) is 8.93. The molecule has 1 rings (SSSR count). The number of carbonyl (C=O) groups is 1. The van der Waals surface area contributed by atoms with Gasteiger partial charge in [-0.1, -0.05) is 12.1 Å². The van der Waals surface area contributed by atoms with Crippen LogP contribution in [-0.4, -0.2) is 35.5 Å². The Morgan fingerprint density at radius 3 is 2.26 bits per heavy atom. The topological polar surface area (TPSA) is 76.0 Å². The normalized spacial score (nSPS) is 14.0. The Morgan fingerprint density at radius 2 is 1.79 bits per heavy atom. The van der Waals surface area contributed by atoms with Crippen molar-refractivity contribution >= 4 is 5.97 Å². The monoisotopic (exact) mass is 268 g/mol. The lowest BCUT2D eigenvalue weighted by molar-refractivity contribution is -0.144. The number of aliphatic hydroxyl groups is 2. The molecule has 0 fully saturated rings. The van der Waals surface area contributed by atoms with E-state index >= 15 is 0 Å². The summed E-state index contributed by atoms with van der Waals surface area (Å²) in [5, 5.41) is 19.6. The first-order valence-corrected chi connectivity index (χ1v) is 6.13. The van der Waals surface area contributed by atoms with E-state index in [1.165, 1.54) is 7.11 Å². The van der Waals surface area contributed by atoms with Gasteiger partial charge in [-0.05, 0) is 31.5 Å². The van der Waals surface area contributed by atoms with Crippen molar-refractivity contribution in [1.29, 1.82) is 0 Å². The van der Waals surface area contributed by atoms with Gasteiger partial charge in [-0.3, -0.25) is 4.79 Å². The number of aliphatic hydroxyl groups excluding tert-OH is 2. The van der Waals surface area contributed by atoms with Gasteiger partial charge in [0.05, 0.1) is 25.7 Å². The Labute approximate surface area is 112 Å². The predicted octanol–water partition coefficient (Wildman–Crippen LogP) is 1.43. The largest absolute Gasteiger partial charge is 0.491 e. The van der Waals surface area contributed by atoms with Gasteiger partial charge in [0.2, 0.25) is 0 Å². The number of rotatable bonds is 6. The summed E-state index contributed by atoms with van der Waals surface area (Å²) >= 11 is 0. The summed E-state index contributed by atoms with van der Waals surface area (Å²) in [5.41, 5.74) is 0.521. The van der Waals surface area contributed by atoms with Crippen LogP contribution in [-0.2, 0) is 9.53 Å². The van der Waals surface area contributed by atoms with Gasteiger partial charge in [-0.15, -0.1) is 0 Å². The van der Waals surface area contributed by atoms with Gasteiger partial charge in [0.15, 0.2) is 0 Å². The van der Waals surface area contributed by atoms with Crippen LogP contribution >= 0.6 is 0 Å². The second-order valence-electron chi connectivity index (χ2n) is 4.53. The molecule has 0 saturated heterocycles. The van der Waals surface area contributed by atoms with Crippen molar-refractivity contribution in [1.82, 2.24) is 0 Å². The van der Waals surface area contributed by atoms with Crippen molar-refractivity contribution < 1.29 is 24.5 Å². The van der Waals surface area contributed by atoms with Crippen LogP contribution in [0.2, 0.25) is 0 Å². The zero-order valence-electron chi connectivity index (χ0n) is 11.4. The molecular formula is C14H20O5. The highest BCUT2D eigenvalue weighted by Gasteiger charge is 2.21. The molecule has 0 aliphatic carbocycles. The smallest absolute Gasteiger partial charge is 0.308 e. The predicted molar refractivity (Wildman–Crippen MR) is 69.8 cm³/mol. The summed E-state index contributed by atoms with van der Waals surface area (Å²) in [6.45, 7) is 3.84. The number of methoxy groups -OCH3 is 1. The molecule has 0 heterocycles. The van der Waals surface area contributed by atoms with Gasteiger partial charge in [0.25, 0.3) is 0 Å². The molecule has 0 aliphatic heterocycles. The highest BCUT2D eigenvalue weighted by atomic mass is 16.5. The molecule has 0 aliphatic rings. The molecule has 19 heavy (non-hydrogen) atoms. The Kier molecular flexibility index (Phi) is 5.79. The van der Waals surface area contributed by atoms with Crippen molar-refractivity contribution in [2.75, 3.05) is 7.11 Å². The minimum atomic E-state index is -1.19. The molecule has 0 saturated carbocycles. The minimum absolute atomic E-state index is 0.0701. The molecule has 0 amide bonds. The molecule has 5 nitrogen and oxygen atoms in total. The number of hydrogen-bond donors (Lipinski definition) is 2. The van der Waals surface area contributed by atoms with E-state index in [2.05, 4.69) is 4.74 Å². The summed E-state index contributed by atoms with van der Waals surface area (Å²) in [6.07, 6.45) is -2.50. The summed E-state index contributed by atoms with van der Waals surface area (Å²) < 4.78 is 9.91. The molecule has 0 radical (unpaired) electrons. The Hall–Kier alpha value is -1.59. The van der Waals surface area contributed by atoms with Crippen molar-refractivity contribution in [3.05, 3.63) is 29.8 Å². The maximum atomic E-state index is 11.0. The molecule has 1 aromatic carbocycles. The summed E-state index contributed by atoms with van der Waals surface area (Å²) in [5.74, 6) is 0.125. The van der Waals surface area contributed by atoms with Gasteiger partial charge >= 0.3 is 5.97 Å². The lowest BCUT2D eigenvalue weighted by Crippen LogP contribution is -2.22. The first kappa shape index (κ1) is 15.5. The Balaban J connectivity index is 2.66. The highest BCUT2D eigenvalue weighted by Crippen LogP contribution is 2.22. The minimum Gasteiger partial charge on any atom is -0.491 e. The lowest BCUT2D eigenvalue weighted by atomic mass is 10.0. The summed E-state index contributed by atoms with van der Waals surface area (Å²) in [6, 6.07) is 6.73. The van der Waals surface area contributed by atoms with Crippen LogP contribution in [0, 0.1) is 0 Å². The fourth-order valence-corrected chi connectivity index (χ4v) is 1.60. The van der Waals surface area contributed by atoms with Crippen LogP contribution < -0.4 is 4.74 Å². The second-order valence-corrected chi connectivity index (χ2v) is 4.53. The molecule has 5 heteroatoms. The molecular weight excluding hydrogens is 248 g/mol. The number of hydrogen-bond acceptors (Lipinski definition) is 5. The zero-order valence-corrected chi connectivity index (χ0v) is 11.4. The maximum Gasteiger partial charge on any atom is 0.308 e. The molecule has 1 aromatic rings. The third-order valence-electron chi connectivity index (χ3n) is 2.56. The quantitative estimate of drug-likeness (QED) is 0.763. The molecule has 0 bridgehead atoms. The first-order valence-electron chi connectivity index (χ1n) is 6.13. The fourth-order valence-electron chi connectivity index (χ4n) is 1.60. The lowest BCUT2D eigenvalue weighted by Gasteiger charge is -2.18. The fraction of sp³-hybridized carbons (Fsp3) is 0.500. The van der Waals surface area contributed by atoms with E-state index < -0.39 is 18.2 Å². The number of carbonyl (C=O) groups excluding carboxylic acids is 1. The number of ether oxygens (including phenoxy) is 2. The van der Waals surface area contributed by atoms with Crippen LogP contribution in [0.4, 0.5) is 0 Å². The SMILES string of the molecule is COC(=O)CC(O)C(O)c1ccc(OC(C)C)cc1. The van der Waals surface area contributed by atoms with Crippen molar-refractivity contribution in [3.8, 4) is 5.75 Å². The molecule has 106 valence electrons. The third kappa shape index (κ3) is 4.89. The second kappa shape index (κ2) is 7.11. The average Bonchev–Trinajstić information content (AvgIpc) is 2.37. The van der Waals surface area contributed by atoms with Crippen molar-refractivity contribution in [2.45, 2.75) is 38.6 Å². The molecule has 2 atom stereocenters. The zero-order chi connectivity index (χ0) is 14.4. The van der Waals surface area contributed by atoms with Crippen LogP contribution in [0.1, 0.15) is 31.9 Å². The van der Waals surface area contributed by atoms with Crippen LogP contribution in [0.3, 0.4) is 0 Å². The van der Waals surface area contributed by atoms with Crippen molar-refractivity contribution in [3.63, 3.8) is 0 Å². The van der Waals surface area contributed by atoms with Crippen molar-refractivity contribution in [2.24, 2.45) is 0 Å². The van der Waals surface area contributed by atoms with E-state index in [1.54, 1.807) is 24.3 Å². The Bertz CT molecular complexity index is 399. The number of benzene rings is 1. The van der Waals surface area contributed by atoms with E-state index in [4.69, 9.17) is 4.74 Å². The van der Waals surface area contributed by atoms with Gasteiger partial charge in [-0.2, -0.15) is 0 Å². The van der Waals surface area contributed by atoms with Gasteiger partial charge in [0.1, 0.15) is 11.9 Å². The van der Waals surface area contributed by atoms with Crippen LogP contribution in [0.5, 0.6) is 5.75 Å². The molecule has 2 unspecified atom stereocenters. The van der Waals surface area contributed by atoms with Gasteiger partial charge in [0, 0.05) is 0 Å². The van der Waals surface area contributed by atoms with Crippen LogP contribution in [0.15, 0.2) is 24.3 Å². The number of esters is 1. The van der Waals surface area contributed by atoms with E-state index in [0.717, 1.165) is 0 Å². The van der Waals surface area contributed by atoms with Gasteiger partial charge < -0.3 is 19.7 Å². The third-order valence-corrected chi connectivity index (χ3v) is 2.56.